The Bertz CT molecular complexity index is 513. The van der Waals surface area contributed by atoms with Gasteiger partial charge in [0, 0.05) is 5.56 Å². The molecule has 0 fully saturated rings. The molecule has 2 N–H and O–H groups in total. The molecular weight excluding hydrogens is 257 g/mol. The summed E-state index contributed by atoms with van der Waals surface area (Å²) in [7, 11) is 0. The van der Waals surface area contributed by atoms with Gasteiger partial charge in [0.15, 0.2) is 0 Å². The summed E-state index contributed by atoms with van der Waals surface area (Å²) in [5.41, 5.74) is 0.384. The van der Waals surface area contributed by atoms with Crippen molar-refractivity contribution in [2.45, 2.75) is 6.92 Å². The lowest BCUT2D eigenvalue weighted by Crippen LogP contribution is -2.39. The van der Waals surface area contributed by atoms with E-state index in [1.54, 1.807) is 0 Å². The SMILES string of the molecule is Cc1cc(F)ccc1C(=O)N(CC(=O)O)CC(=O)O. The summed E-state index contributed by atoms with van der Waals surface area (Å²) in [5, 5.41) is 17.3. The van der Waals surface area contributed by atoms with Crippen molar-refractivity contribution in [1.82, 2.24) is 4.90 Å². The van der Waals surface area contributed by atoms with Crippen LogP contribution in [0.2, 0.25) is 0 Å². The number of hydrogen-bond donors (Lipinski definition) is 2. The van der Waals surface area contributed by atoms with E-state index in [0.29, 0.717) is 10.5 Å². The molecule has 6 nitrogen and oxygen atoms in total. The van der Waals surface area contributed by atoms with Gasteiger partial charge in [-0.15, -0.1) is 0 Å². The second-order valence-corrected chi connectivity index (χ2v) is 3.91. The second-order valence-electron chi connectivity index (χ2n) is 3.91. The fourth-order valence-corrected chi connectivity index (χ4v) is 1.56. The maximum atomic E-state index is 12.9. The molecule has 0 radical (unpaired) electrons. The van der Waals surface area contributed by atoms with Crippen molar-refractivity contribution in [2.24, 2.45) is 0 Å². The van der Waals surface area contributed by atoms with Gasteiger partial charge in [0.05, 0.1) is 0 Å². The number of aryl methyl sites for hydroxylation is 1. The fourth-order valence-electron chi connectivity index (χ4n) is 1.56. The smallest absolute Gasteiger partial charge is 0.323 e. The zero-order chi connectivity index (χ0) is 14.6. The van der Waals surface area contributed by atoms with Gasteiger partial charge in [-0.25, -0.2) is 4.39 Å². The Morgan fingerprint density at radius 2 is 1.68 bits per heavy atom. The van der Waals surface area contributed by atoms with Gasteiger partial charge in [-0.3, -0.25) is 14.4 Å². The molecule has 0 heterocycles. The third-order valence-electron chi connectivity index (χ3n) is 2.36. The molecule has 0 bridgehead atoms. The lowest BCUT2D eigenvalue weighted by molar-refractivity contribution is -0.140. The summed E-state index contributed by atoms with van der Waals surface area (Å²) >= 11 is 0. The number of carbonyl (C=O) groups excluding carboxylic acids is 1. The number of carbonyl (C=O) groups is 3. The first-order valence-electron chi connectivity index (χ1n) is 5.30. The summed E-state index contributed by atoms with van der Waals surface area (Å²) in [6.45, 7) is 0.0138. The van der Waals surface area contributed by atoms with Gasteiger partial charge in [-0.1, -0.05) is 0 Å². The quantitative estimate of drug-likeness (QED) is 0.822. The zero-order valence-corrected chi connectivity index (χ0v) is 10.1. The van der Waals surface area contributed by atoms with E-state index in [1.165, 1.54) is 13.0 Å². The minimum Gasteiger partial charge on any atom is -0.480 e. The third-order valence-corrected chi connectivity index (χ3v) is 2.36. The van der Waals surface area contributed by atoms with Crippen molar-refractivity contribution in [3.8, 4) is 0 Å². The van der Waals surface area contributed by atoms with Crippen LogP contribution in [0.3, 0.4) is 0 Å². The van der Waals surface area contributed by atoms with Crippen LogP contribution in [0.25, 0.3) is 0 Å². The monoisotopic (exact) mass is 269 g/mol. The predicted molar refractivity (Wildman–Crippen MR) is 62.3 cm³/mol. The van der Waals surface area contributed by atoms with Gasteiger partial charge in [0.1, 0.15) is 18.9 Å². The Morgan fingerprint density at radius 3 is 2.11 bits per heavy atom. The van der Waals surface area contributed by atoms with Gasteiger partial charge in [-0.05, 0) is 30.7 Å². The first kappa shape index (κ1) is 14.6. The number of aliphatic carboxylic acids is 2. The highest BCUT2D eigenvalue weighted by Crippen LogP contribution is 2.13. The summed E-state index contributed by atoms with van der Waals surface area (Å²) < 4.78 is 12.9. The Hall–Kier alpha value is -2.44. The Kier molecular flexibility index (Phi) is 4.57. The zero-order valence-electron chi connectivity index (χ0n) is 10.1. The topological polar surface area (TPSA) is 94.9 Å². The standard InChI is InChI=1S/C12H12FNO5/c1-7-4-8(13)2-3-9(7)12(19)14(5-10(15)16)6-11(17)18/h2-4H,5-6H2,1H3,(H,15,16)(H,17,18). The molecule has 7 heteroatoms. The number of benzene rings is 1. The molecule has 0 aliphatic carbocycles. The third kappa shape index (κ3) is 4.06. The van der Waals surface area contributed by atoms with Crippen LogP contribution in [0.4, 0.5) is 4.39 Å². The van der Waals surface area contributed by atoms with Crippen molar-refractivity contribution in [3.05, 3.63) is 35.1 Å². The largest absolute Gasteiger partial charge is 0.480 e. The molecule has 102 valence electrons. The lowest BCUT2D eigenvalue weighted by Gasteiger charge is -2.19. The lowest BCUT2D eigenvalue weighted by atomic mass is 10.1. The molecule has 0 aromatic heterocycles. The van der Waals surface area contributed by atoms with Crippen molar-refractivity contribution >= 4 is 17.8 Å². The van der Waals surface area contributed by atoms with E-state index in [2.05, 4.69) is 0 Å². The highest BCUT2D eigenvalue weighted by Gasteiger charge is 2.22. The Morgan fingerprint density at radius 1 is 1.16 bits per heavy atom. The van der Waals surface area contributed by atoms with Gasteiger partial charge in [0.2, 0.25) is 0 Å². The van der Waals surface area contributed by atoms with E-state index >= 15 is 0 Å². The molecule has 1 aromatic rings. The molecule has 19 heavy (non-hydrogen) atoms. The highest BCUT2D eigenvalue weighted by atomic mass is 19.1. The van der Waals surface area contributed by atoms with E-state index in [-0.39, 0.29) is 5.56 Å². The molecule has 1 aromatic carbocycles. The van der Waals surface area contributed by atoms with Crippen molar-refractivity contribution < 1.29 is 29.0 Å². The van der Waals surface area contributed by atoms with Crippen molar-refractivity contribution in [1.29, 1.82) is 0 Å². The number of hydrogen-bond acceptors (Lipinski definition) is 3. The molecule has 0 aliphatic heterocycles. The molecule has 0 atom stereocenters. The fraction of sp³-hybridized carbons (Fsp3) is 0.250. The van der Waals surface area contributed by atoms with E-state index in [9.17, 15) is 18.8 Å². The second kappa shape index (κ2) is 5.94. The normalized spacial score (nSPS) is 10.0. The van der Waals surface area contributed by atoms with E-state index < -0.39 is 36.8 Å². The molecule has 1 rings (SSSR count). The van der Waals surface area contributed by atoms with Gasteiger partial charge in [0.25, 0.3) is 5.91 Å². The summed E-state index contributed by atoms with van der Waals surface area (Å²) in [4.78, 5) is 33.9. The predicted octanol–water partition coefficient (Wildman–Crippen LogP) is 0.746. The van der Waals surface area contributed by atoms with E-state index in [1.807, 2.05) is 0 Å². The maximum absolute atomic E-state index is 12.9. The summed E-state index contributed by atoms with van der Waals surface area (Å²) in [6.07, 6.45) is 0. The number of nitrogens with zero attached hydrogens (tertiary/aromatic N) is 1. The molecular formula is C12H12FNO5. The van der Waals surface area contributed by atoms with Crippen molar-refractivity contribution in [2.75, 3.05) is 13.1 Å². The molecule has 0 unspecified atom stereocenters. The van der Waals surface area contributed by atoms with Crippen molar-refractivity contribution in [3.63, 3.8) is 0 Å². The number of amides is 1. The van der Waals surface area contributed by atoms with Gasteiger partial charge < -0.3 is 15.1 Å². The van der Waals surface area contributed by atoms with Crippen LogP contribution in [-0.2, 0) is 9.59 Å². The van der Waals surface area contributed by atoms with E-state index in [0.717, 1.165) is 12.1 Å². The average molecular weight is 269 g/mol. The molecule has 0 aliphatic rings. The van der Waals surface area contributed by atoms with Crippen LogP contribution in [0.15, 0.2) is 18.2 Å². The minimum atomic E-state index is -1.32. The molecule has 0 saturated heterocycles. The minimum absolute atomic E-state index is 0.0731. The summed E-state index contributed by atoms with van der Waals surface area (Å²) in [6, 6.07) is 3.37. The molecule has 0 spiro atoms. The van der Waals surface area contributed by atoms with Crippen LogP contribution in [0, 0.1) is 12.7 Å². The number of carboxylic acid groups (broad SMARTS) is 2. The van der Waals surface area contributed by atoms with Crippen LogP contribution in [-0.4, -0.2) is 46.0 Å². The Labute approximate surface area is 108 Å². The van der Waals surface area contributed by atoms with Gasteiger partial charge >= 0.3 is 11.9 Å². The summed E-state index contributed by atoms with van der Waals surface area (Å²) in [5.74, 6) is -3.94. The first-order valence-corrected chi connectivity index (χ1v) is 5.30. The number of carboxylic acids is 2. The van der Waals surface area contributed by atoms with Crippen LogP contribution in [0.1, 0.15) is 15.9 Å². The van der Waals surface area contributed by atoms with E-state index in [4.69, 9.17) is 10.2 Å². The average Bonchev–Trinajstić information content (AvgIpc) is 2.26. The highest BCUT2D eigenvalue weighted by molar-refractivity contribution is 5.98. The van der Waals surface area contributed by atoms with Crippen LogP contribution < -0.4 is 0 Å². The van der Waals surface area contributed by atoms with Crippen LogP contribution in [0.5, 0.6) is 0 Å². The first-order chi connectivity index (χ1) is 8.81. The number of rotatable bonds is 5. The number of halogens is 1. The van der Waals surface area contributed by atoms with Gasteiger partial charge in [-0.2, -0.15) is 0 Å². The molecule has 0 saturated carbocycles. The molecule has 1 amide bonds. The van der Waals surface area contributed by atoms with Crippen LogP contribution >= 0.6 is 0 Å². The maximum Gasteiger partial charge on any atom is 0.323 e. The Balaban J connectivity index is 3.04.